The van der Waals surface area contributed by atoms with Crippen LogP contribution in [0.5, 0.6) is 5.88 Å². The van der Waals surface area contributed by atoms with E-state index >= 15 is 0 Å². The van der Waals surface area contributed by atoms with Gasteiger partial charge in [0.15, 0.2) is 0 Å². The Morgan fingerprint density at radius 1 is 1.19 bits per heavy atom. The van der Waals surface area contributed by atoms with E-state index in [1.165, 1.54) is 0 Å². The molecule has 3 unspecified atom stereocenters. The summed E-state index contributed by atoms with van der Waals surface area (Å²) in [4.78, 5) is 23.5. The predicted molar refractivity (Wildman–Crippen MR) is 104 cm³/mol. The van der Waals surface area contributed by atoms with Gasteiger partial charge < -0.3 is 9.64 Å². The van der Waals surface area contributed by atoms with Crippen molar-refractivity contribution in [3.05, 3.63) is 42.2 Å². The lowest BCUT2D eigenvalue weighted by Gasteiger charge is -2.33. The molecule has 0 radical (unpaired) electrons. The molecule has 1 aromatic heterocycles. The van der Waals surface area contributed by atoms with E-state index in [-0.39, 0.29) is 11.9 Å². The van der Waals surface area contributed by atoms with Crippen LogP contribution in [0.1, 0.15) is 31.1 Å². The van der Waals surface area contributed by atoms with E-state index in [0.29, 0.717) is 35.1 Å². The number of carbonyl (C=O) groups excluding carboxylic acids is 1. The summed E-state index contributed by atoms with van der Waals surface area (Å²) in [6.45, 7) is 6.37. The summed E-state index contributed by atoms with van der Waals surface area (Å²) in [6.07, 6.45) is 3.20. The van der Waals surface area contributed by atoms with Gasteiger partial charge >= 0.3 is 0 Å². The largest absolute Gasteiger partial charge is 0.479 e. The molecule has 1 aromatic carbocycles. The van der Waals surface area contributed by atoms with Crippen molar-refractivity contribution in [3.8, 4) is 17.1 Å². The van der Waals surface area contributed by atoms with Crippen LogP contribution in [0.4, 0.5) is 0 Å². The Kier molecular flexibility index (Phi) is 5.72. The molecule has 0 spiro atoms. The van der Waals surface area contributed by atoms with Crippen molar-refractivity contribution in [2.45, 2.75) is 38.9 Å². The van der Waals surface area contributed by atoms with Gasteiger partial charge in [-0.15, -0.1) is 0 Å². The van der Waals surface area contributed by atoms with Crippen LogP contribution in [0.3, 0.4) is 0 Å². The third-order valence-electron chi connectivity index (χ3n) is 5.42. The van der Waals surface area contributed by atoms with Crippen LogP contribution in [0.15, 0.2) is 36.7 Å². The molecule has 2 heterocycles. The molecular formula is C20H27N5O2. The molecule has 0 bridgehead atoms. The zero-order valence-corrected chi connectivity index (χ0v) is 16.4. The van der Waals surface area contributed by atoms with Crippen molar-refractivity contribution in [2.75, 3.05) is 14.2 Å². The smallest absolute Gasteiger partial charge is 0.253 e. The summed E-state index contributed by atoms with van der Waals surface area (Å²) in [5.41, 5.74) is 8.56. The number of methoxy groups -OCH3 is 1. The first-order chi connectivity index (χ1) is 12.9. The standard InChI is InChI=1S/C20H27N5O2/c1-12-17(13(2)24-23-12)14(3)25(4)20(26)16-8-6-7-15(11-16)18-19(27-5)22-10-9-21-18/h6-14,17,23-24H,1-5H3. The third-order valence-corrected chi connectivity index (χ3v) is 5.42. The molecule has 1 saturated heterocycles. The fourth-order valence-electron chi connectivity index (χ4n) is 3.84. The molecular weight excluding hydrogens is 342 g/mol. The van der Waals surface area contributed by atoms with Gasteiger partial charge in [-0.3, -0.25) is 15.6 Å². The molecule has 0 saturated carbocycles. The number of nitrogens with zero attached hydrogens (tertiary/aromatic N) is 3. The number of ether oxygens (including phenoxy) is 1. The molecule has 3 atom stereocenters. The summed E-state index contributed by atoms with van der Waals surface area (Å²) < 4.78 is 5.29. The van der Waals surface area contributed by atoms with Gasteiger partial charge in [0.2, 0.25) is 5.88 Å². The SMILES string of the molecule is COc1nccnc1-c1cccc(C(=O)N(C)C(C)C2C(C)NNC2C)c1. The normalized spacial score (nSPS) is 23.1. The van der Waals surface area contributed by atoms with Crippen LogP contribution >= 0.6 is 0 Å². The lowest BCUT2D eigenvalue weighted by molar-refractivity contribution is 0.0679. The van der Waals surface area contributed by atoms with Gasteiger partial charge in [0.05, 0.1) is 7.11 Å². The zero-order valence-electron chi connectivity index (χ0n) is 16.4. The highest BCUT2D eigenvalue weighted by atomic mass is 16.5. The number of hydrogen-bond donors (Lipinski definition) is 2. The highest BCUT2D eigenvalue weighted by Crippen LogP contribution is 2.27. The van der Waals surface area contributed by atoms with Crippen LogP contribution in [0, 0.1) is 5.92 Å². The minimum Gasteiger partial charge on any atom is -0.479 e. The highest BCUT2D eigenvalue weighted by molar-refractivity contribution is 5.95. The van der Waals surface area contributed by atoms with Gasteiger partial charge in [-0.25, -0.2) is 9.97 Å². The summed E-state index contributed by atoms with van der Waals surface area (Å²) in [5, 5.41) is 0. The van der Waals surface area contributed by atoms with Crippen molar-refractivity contribution < 1.29 is 9.53 Å². The first-order valence-corrected chi connectivity index (χ1v) is 9.17. The number of hydrogen-bond acceptors (Lipinski definition) is 6. The average Bonchev–Trinajstić information content (AvgIpc) is 3.04. The second-order valence-electron chi connectivity index (χ2n) is 7.10. The van der Waals surface area contributed by atoms with Gasteiger partial charge in [0, 0.05) is 54.6 Å². The van der Waals surface area contributed by atoms with Gasteiger partial charge in [-0.2, -0.15) is 0 Å². The van der Waals surface area contributed by atoms with Crippen LogP contribution < -0.4 is 15.6 Å². The van der Waals surface area contributed by atoms with Crippen LogP contribution in [-0.2, 0) is 0 Å². The fourth-order valence-corrected chi connectivity index (χ4v) is 3.84. The van der Waals surface area contributed by atoms with Crippen LogP contribution in [-0.4, -0.2) is 53.1 Å². The second kappa shape index (κ2) is 8.02. The maximum atomic E-state index is 13.1. The van der Waals surface area contributed by atoms with Crippen molar-refractivity contribution in [2.24, 2.45) is 5.92 Å². The van der Waals surface area contributed by atoms with Crippen molar-refractivity contribution in [1.29, 1.82) is 0 Å². The molecule has 7 nitrogen and oxygen atoms in total. The van der Waals surface area contributed by atoms with E-state index in [9.17, 15) is 4.79 Å². The molecule has 1 aliphatic rings. The quantitative estimate of drug-likeness (QED) is 0.840. The summed E-state index contributed by atoms with van der Waals surface area (Å²) in [7, 11) is 3.42. The van der Waals surface area contributed by atoms with Crippen LogP contribution in [0.2, 0.25) is 0 Å². The van der Waals surface area contributed by atoms with E-state index in [2.05, 4.69) is 41.6 Å². The molecule has 1 fully saturated rings. The van der Waals surface area contributed by atoms with Gasteiger partial charge in [0.1, 0.15) is 5.69 Å². The monoisotopic (exact) mass is 369 g/mol. The Bertz CT molecular complexity index is 802. The third kappa shape index (κ3) is 3.79. The minimum absolute atomic E-state index is 0.0153. The number of rotatable bonds is 5. The molecule has 144 valence electrons. The molecule has 27 heavy (non-hydrogen) atoms. The second-order valence-corrected chi connectivity index (χ2v) is 7.10. The van der Waals surface area contributed by atoms with E-state index in [4.69, 9.17) is 4.74 Å². The molecule has 1 amide bonds. The maximum Gasteiger partial charge on any atom is 0.253 e. The number of nitrogens with one attached hydrogen (secondary N) is 2. The Morgan fingerprint density at radius 2 is 1.85 bits per heavy atom. The van der Waals surface area contributed by atoms with Gasteiger partial charge in [-0.1, -0.05) is 12.1 Å². The molecule has 1 aliphatic heterocycles. The molecule has 2 N–H and O–H groups in total. The van der Waals surface area contributed by atoms with E-state index in [0.717, 1.165) is 5.56 Å². The number of hydrazine groups is 1. The van der Waals surface area contributed by atoms with Crippen molar-refractivity contribution in [1.82, 2.24) is 25.7 Å². The molecule has 7 heteroatoms. The molecule has 0 aliphatic carbocycles. The summed E-state index contributed by atoms with van der Waals surface area (Å²) in [5.74, 6) is 0.746. The lowest BCUT2D eigenvalue weighted by Crippen LogP contribution is -2.46. The number of benzene rings is 1. The fraction of sp³-hybridized carbons (Fsp3) is 0.450. The Hall–Kier alpha value is -2.51. The van der Waals surface area contributed by atoms with Crippen molar-refractivity contribution >= 4 is 5.91 Å². The zero-order chi connectivity index (χ0) is 19.6. The number of amides is 1. The minimum atomic E-state index is -0.0153. The Balaban J connectivity index is 1.85. The first kappa shape index (κ1) is 19.3. The van der Waals surface area contributed by atoms with E-state index < -0.39 is 0 Å². The molecule has 2 aromatic rings. The summed E-state index contributed by atoms with van der Waals surface area (Å²) >= 11 is 0. The Morgan fingerprint density at radius 3 is 2.52 bits per heavy atom. The first-order valence-electron chi connectivity index (χ1n) is 9.17. The van der Waals surface area contributed by atoms with Crippen LogP contribution in [0.25, 0.3) is 11.3 Å². The van der Waals surface area contributed by atoms with E-state index in [1.54, 1.807) is 19.5 Å². The highest BCUT2D eigenvalue weighted by Gasteiger charge is 2.37. The van der Waals surface area contributed by atoms with Gasteiger partial charge in [-0.05, 0) is 32.9 Å². The topological polar surface area (TPSA) is 79.4 Å². The molecule has 3 rings (SSSR count). The number of aromatic nitrogens is 2. The predicted octanol–water partition coefficient (Wildman–Crippen LogP) is 2.11. The van der Waals surface area contributed by atoms with Gasteiger partial charge in [0.25, 0.3) is 5.91 Å². The lowest BCUT2D eigenvalue weighted by atomic mass is 9.88. The Labute approximate surface area is 160 Å². The average molecular weight is 369 g/mol. The maximum absolute atomic E-state index is 13.1. The number of carbonyl (C=O) groups is 1. The van der Waals surface area contributed by atoms with E-state index in [1.807, 2.05) is 36.2 Å². The van der Waals surface area contributed by atoms with Crippen molar-refractivity contribution in [3.63, 3.8) is 0 Å². The summed E-state index contributed by atoms with van der Waals surface area (Å²) in [6, 6.07) is 8.10.